The van der Waals surface area contributed by atoms with E-state index >= 15 is 0 Å². The molecule has 0 amide bonds. The smallest absolute Gasteiger partial charge is 0.0400 e. The lowest BCUT2D eigenvalue weighted by atomic mass is 9.97. The second kappa shape index (κ2) is 4.46. The number of hydrogen-bond donors (Lipinski definition) is 1. The molecular formula is C16H12BrN. The molecule has 0 unspecified atom stereocenters. The zero-order chi connectivity index (χ0) is 12.5. The maximum atomic E-state index is 6.15. The molecular weight excluding hydrogens is 286 g/mol. The minimum atomic E-state index is 0.812. The summed E-state index contributed by atoms with van der Waals surface area (Å²) in [5.41, 5.74) is 9.22. The number of nitrogen functional groups attached to an aromatic ring is 1. The predicted octanol–water partition coefficient (Wildman–Crippen LogP) is 4.85. The Morgan fingerprint density at radius 3 is 2.33 bits per heavy atom. The lowest BCUT2D eigenvalue weighted by molar-refractivity contribution is 1.63. The zero-order valence-electron chi connectivity index (χ0n) is 9.73. The van der Waals surface area contributed by atoms with E-state index in [4.69, 9.17) is 5.73 Å². The highest BCUT2D eigenvalue weighted by Gasteiger charge is 2.07. The van der Waals surface area contributed by atoms with E-state index in [1.807, 2.05) is 30.3 Å². The molecule has 18 heavy (non-hydrogen) atoms. The molecule has 1 nitrogen and oxygen atoms in total. The fourth-order valence-corrected chi connectivity index (χ4v) is 2.60. The largest absolute Gasteiger partial charge is 0.398 e. The zero-order valence-corrected chi connectivity index (χ0v) is 11.3. The summed E-state index contributed by atoms with van der Waals surface area (Å²) in [6.45, 7) is 0. The van der Waals surface area contributed by atoms with Gasteiger partial charge in [0.05, 0.1) is 0 Å². The van der Waals surface area contributed by atoms with Crippen LogP contribution in [0.25, 0.3) is 21.9 Å². The van der Waals surface area contributed by atoms with Crippen LogP contribution in [0.3, 0.4) is 0 Å². The quantitative estimate of drug-likeness (QED) is 0.638. The normalized spacial score (nSPS) is 10.7. The highest BCUT2D eigenvalue weighted by Crippen LogP contribution is 2.35. The van der Waals surface area contributed by atoms with Gasteiger partial charge in [0.15, 0.2) is 0 Å². The van der Waals surface area contributed by atoms with Crippen LogP contribution in [0.2, 0.25) is 0 Å². The van der Waals surface area contributed by atoms with Crippen molar-refractivity contribution >= 4 is 32.4 Å². The predicted molar refractivity (Wildman–Crippen MR) is 81.5 cm³/mol. The van der Waals surface area contributed by atoms with Gasteiger partial charge in [-0.15, -0.1) is 0 Å². The van der Waals surface area contributed by atoms with E-state index in [2.05, 4.69) is 46.3 Å². The summed E-state index contributed by atoms with van der Waals surface area (Å²) < 4.78 is 1.07. The molecule has 0 fully saturated rings. The number of nitrogens with two attached hydrogens (primary N) is 1. The number of halogens is 1. The maximum Gasteiger partial charge on any atom is 0.0400 e. The molecule has 0 radical (unpaired) electrons. The van der Waals surface area contributed by atoms with Gasteiger partial charge in [0, 0.05) is 15.7 Å². The number of hydrogen-bond acceptors (Lipinski definition) is 1. The molecule has 0 saturated heterocycles. The van der Waals surface area contributed by atoms with Crippen molar-refractivity contribution in [1.82, 2.24) is 0 Å². The topological polar surface area (TPSA) is 26.0 Å². The maximum absolute atomic E-state index is 6.15. The van der Waals surface area contributed by atoms with Crippen LogP contribution in [0, 0.1) is 0 Å². The van der Waals surface area contributed by atoms with Gasteiger partial charge in [0.2, 0.25) is 0 Å². The Hall–Kier alpha value is -1.80. The fraction of sp³-hybridized carbons (Fsp3) is 0. The molecule has 0 aliphatic heterocycles. The molecule has 0 aromatic heterocycles. The number of anilines is 1. The van der Waals surface area contributed by atoms with E-state index in [0.717, 1.165) is 21.3 Å². The molecule has 0 heterocycles. The minimum absolute atomic E-state index is 0.812. The van der Waals surface area contributed by atoms with E-state index in [9.17, 15) is 0 Å². The van der Waals surface area contributed by atoms with Gasteiger partial charge in [-0.3, -0.25) is 0 Å². The van der Waals surface area contributed by atoms with E-state index in [0.29, 0.717) is 0 Å². The van der Waals surface area contributed by atoms with Crippen molar-refractivity contribution in [3.63, 3.8) is 0 Å². The van der Waals surface area contributed by atoms with Gasteiger partial charge in [0.25, 0.3) is 0 Å². The molecule has 3 rings (SSSR count). The van der Waals surface area contributed by atoms with Crippen LogP contribution in [0.5, 0.6) is 0 Å². The molecule has 3 aromatic rings. The van der Waals surface area contributed by atoms with Crippen LogP contribution in [0.1, 0.15) is 0 Å². The van der Waals surface area contributed by atoms with E-state index in [-0.39, 0.29) is 0 Å². The monoisotopic (exact) mass is 297 g/mol. The van der Waals surface area contributed by atoms with Crippen molar-refractivity contribution in [3.8, 4) is 11.1 Å². The molecule has 2 heteroatoms. The van der Waals surface area contributed by atoms with Crippen LogP contribution < -0.4 is 5.73 Å². The third-order valence-electron chi connectivity index (χ3n) is 3.08. The van der Waals surface area contributed by atoms with Crippen LogP contribution in [-0.2, 0) is 0 Å². The van der Waals surface area contributed by atoms with Crippen LogP contribution >= 0.6 is 15.9 Å². The summed E-state index contributed by atoms with van der Waals surface area (Å²) in [4.78, 5) is 0. The van der Waals surface area contributed by atoms with Crippen molar-refractivity contribution in [3.05, 3.63) is 65.1 Å². The van der Waals surface area contributed by atoms with Crippen LogP contribution in [0.15, 0.2) is 65.1 Å². The lowest BCUT2D eigenvalue weighted by Gasteiger charge is -2.10. The van der Waals surface area contributed by atoms with Gasteiger partial charge >= 0.3 is 0 Å². The summed E-state index contributed by atoms with van der Waals surface area (Å²) in [5, 5.41) is 2.38. The Balaban J connectivity index is 2.40. The molecule has 0 bridgehead atoms. The Labute approximate surface area is 114 Å². The first kappa shape index (κ1) is 11.3. The SMILES string of the molecule is Nc1ccc2ccc(Br)cc2c1-c1ccccc1. The van der Waals surface area contributed by atoms with Crippen molar-refractivity contribution in [2.75, 3.05) is 5.73 Å². The second-order valence-corrected chi connectivity index (χ2v) is 5.18. The first-order valence-corrected chi connectivity index (χ1v) is 6.58. The van der Waals surface area contributed by atoms with Gasteiger partial charge in [-0.2, -0.15) is 0 Å². The van der Waals surface area contributed by atoms with Crippen LogP contribution in [-0.4, -0.2) is 0 Å². The number of benzene rings is 3. The van der Waals surface area contributed by atoms with Gasteiger partial charge in [-0.1, -0.05) is 58.4 Å². The Kier molecular flexibility index (Phi) is 2.80. The second-order valence-electron chi connectivity index (χ2n) is 4.26. The Morgan fingerprint density at radius 2 is 1.56 bits per heavy atom. The van der Waals surface area contributed by atoms with Crippen molar-refractivity contribution < 1.29 is 0 Å². The summed E-state index contributed by atoms with van der Waals surface area (Å²) in [6, 6.07) is 20.6. The third-order valence-corrected chi connectivity index (χ3v) is 3.57. The van der Waals surface area contributed by atoms with Crippen molar-refractivity contribution in [1.29, 1.82) is 0 Å². The first-order valence-electron chi connectivity index (χ1n) is 5.79. The van der Waals surface area contributed by atoms with Gasteiger partial charge in [-0.25, -0.2) is 0 Å². The van der Waals surface area contributed by atoms with E-state index < -0.39 is 0 Å². The van der Waals surface area contributed by atoms with Crippen molar-refractivity contribution in [2.24, 2.45) is 0 Å². The standard InChI is InChI=1S/C16H12BrN/c17-13-8-6-11-7-9-15(18)16(14(11)10-13)12-4-2-1-3-5-12/h1-10H,18H2. The number of fused-ring (bicyclic) bond motifs is 1. The van der Waals surface area contributed by atoms with E-state index in [1.165, 1.54) is 10.8 Å². The molecule has 0 atom stereocenters. The highest BCUT2D eigenvalue weighted by molar-refractivity contribution is 9.10. The number of rotatable bonds is 1. The summed E-state index contributed by atoms with van der Waals surface area (Å²) in [6.07, 6.45) is 0. The molecule has 3 aromatic carbocycles. The van der Waals surface area contributed by atoms with E-state index in [1.54, 1.807) is 0 Å². The molecule has 2 N–H and O–H groups in total. The Morgan fingerprint density at radius 1 is 0.833 bits per heavy atom. The first-order chi connectivity index (χ1) is 8.75. The highest BCUT2D eigenvalue weighted by atomic mass is 79.9. The molecule has 0 aliphatic rings. The average molecular weight is 298 g/mol. The molecule has 0 aliphatic carbocycles. The third kappa shape index (κ3) is 1.89. The summed E-state index contributed by atoms with van der Waals surface area (Å²) in [5.74, 6) is 0. The summed E-state index contributed by atoms with van der Waals surface area (Å²) >= 11 is 3.52. The average Bonchev–Trinajstić information content (AvgIpc) is 2.39. The van der Waals surface area contributed by atoms with Gasteiger partial charge < -0.3 is 5.73 Å². The van der Waals surface area contributed by atoms with Crippen molar-refractivity contribution in [2.45, 2.75) is 0 Å². The van der Waals surface area contributed by atoms with Gasteiger partial charge in [0.1, 0.15) is 0 Å². The molecule has 0 saturated carbocycles. The minimum Gasteiger partial charge on any atom is -0.398 e. The van der Waals surface area contributed by atoms with Gasteiger partial charge in [-0.05, 0) is 34.5 Å². The summed E-state index contributed by atoms with van der Waals surface area (Å²) in [7, 11) is 0. The fourth-order valence-electron chi connectivity index (χ4n) is 2.24. The Bertz CT molecular complexity index is 700. The lowest BCUT2D eigenvalue weighted by Crippen LogP contribution is -1.91. The molecule has 88 valence electrons. The van der Waals surface area contributed by atoms with Crippen LogP contribution in [0.4, 0.5) is 5.69 Å². The molecule has 0 spiro atoms.